The number of rotatable bonds is 9. The second-order valence-electron chi connectivity index (χ2n) is 8.74. The van der Waals surface area contributed by atoms with Gasteiger partial charge in [-0.25, -0.2) is 0 Å². The summed E-state index contributed by atoms with van der Waals surface area (Å²) in [5, 5.41) is 12.3. The summed E-state index contributed by atoms with van der Waals surface area (Å²) in [6.45, 7) is 16.8. The Bertz CT molecular complexity index is 908. The van der Waals surface area contributed by atoms with Crippen molar-refractivity contribution < 1.29 is 9.90 Å². The van der Waals surface area contributed by atoms with E-state index in [0.717, 1.165) is 43.9 Å². The standard InChI is InChI=1S/C26H37N3O2S/c1-6-12-28-16-20(5)29(17-19(28)4)26(22-10-9-11-23(30)15-22)24-13-21(18-32-24)14-25(31)27(7-2)8-3/h6,9-11,13,15,18-20,26,30H,1,7-8,12,14,16-17H2,2-5H3/t19-,20+,26+/m0/s1. The zero-order valence-electron chi connectivity index (χ0n) is 19.8. The summed E-state index contributed by atoms with van der Waals surface area (Å²) >= 11 is 1.71. The van der Waals surface area contributed by atoms with Crippen LogP contribution in [0.1, 0.15) is 49.7 Å². The van der Waals surface area contributed by atoms with Crippen LogP contribution in [0, 0.1) is 0 Å². The van der Waals surface area contributed by atoms with Gasteiger partial charge in [-0.2, -0.15) is 0 Å². The number of nitrogens with zero attached hydrogens (tertiary/aromatic N) is 3. The predicted octanol–water partition coefficient (Wildman–Crippen LogP) is 4.53. The van der Waals surface area contributed by atoms with Gasteiger partial charge in [-0.3, -0.25) is 14.6 Å². The molecule has 5 nitrogen and oxygen atoms in total. The summed E-state index contributed by atoms with van der Waals surface area (Å²) in [6.07, 6.45) is 2.41. The van der Waals surface area contributed by atoms with Crippen LogP contribution < -0.4 is 0 Å². The third-order valence-corrected chi connectivity index (χ3v) is 7.49. The van der Waals surface area contributed by atoms with E-state index < -0.39 is 0 Å². The first kappa shape index (κ1) is 24.5. The topological polar surface area (TPSA) is 47.0 Å². The molecule has 0 bridgehead atoms. The van der Waals surface area contributed by atoms with Gasteiger partial charge in [0.2, 0.25) is 5.91 Å². The van der Waals surface area contributed by atoms with Gasteiger partial charge in [0, 0.05) is 49.7 Å². The number of hydrogen-bond acceptors (Lipinski definition) is 5. The van der Waals surface area contributed by atoms with Crippen LogP contribution in [0.3, 0.4) is 0 Å². The molecule has 174 valence electrons. The summed E-state index contributed by atoms with van der Waals surface area (Å²) in [6, 6.07) is 10.6. The van der Waals surface area contributed by atoms with Crippen LogP contribution in [0.25, 0.3) is 0 Å². The lowest BCUT2D eigenvalue weighted by atomic mass is 9.97. The number of piperazine rings is 1. The molecule has 0 unspecified atom stereocenters. The minimum absolute atomic E-state index is 0.0488. The second kappa shape index (κ2) is 11.1. The molecular weight excluding hydrogens is 418 g/mol. The fourth-order valence-corrected chi connectivity index (χ4v) is 5.77. The minimum atomic E-state index is 0.0488. The van der Waals surface area contributed by atoms with Crippen molar-refractivity contribution in [2.24, 2.45) is 0 Å². The van der Waals surface area contributed by atoms with E-state index in [1.807, 2.05) is 37.0 Å². The van der Waals surface area contributed by atoms with Crippen molar-refractivity contribution in [3.8, 4) is 5.75 Å². The molecule has 1 fully saturated rings. The Balaban J connectivity index is 1.91. The van der Waals surface area contributed by atoms with Crippen molar-refractivity contribution in [3.63, 3.8) is 0 Å². The fraction of sp³-hybridized carbons (Fsp3) is 0.500. The molecule has 0 radical (unpaired) electrons. The molecule has 1 N–H and O–H groups in total. The highest BCUT2D eigenvalue weighted by Gasteiger charge is 2.35. The first-order valence-corrected chi connectivity index (χ1v) is 12.5. The van der Waals surface area contributed by atoms with Gasteiger partial charge >= 0.3 is 0 Å². The minimum Gasteiger partial charge on any atom is -0.508 e. The summed E-state index contributed by atoms with van der Waals surface area (Å²) in [5.41, 5.74) is 2.16. The van der Waals surface area contributed by atoms with Crippen LogP contribution in [-0.2, 0) is 11.2 Å². The van der Waals surface area contributed by atoms with Crippen molar-refractivity contribution in [3.05, 3.63) is 64.4 Å². The van der Waals surface area contributed by atoms with Gasteiger partial charge in [0.15, 0.2) is 0 Å². The van der Waals surface area contributed by atoms with Gasteiger partial charge in [0.05, 0.1) is 12.5 Å². The van der Waals surface area contributed by atoms with Crippen LogP contribution in [0.15, 0.2) is 48.4 Å². The van der Waals surface area contributed by atoms with Gasteiger partial charge in [-0.1, -0.05) is 18.2 Å². The van der Waals surface area contributed by atoms with Crippen molar-refractivity contribution in [2.75, 3.05) is 32.7 Å². The van der Waals surface area contributed by atoms with Gasteiger partial charge in [0.25, 0.3) is 0 Å². The van der Waals surface area contributed by atoms with Crippen LogP contribution in [-0.4, -0.2) is 70.5 Å². The Morgan fingerprint density at radius 3 is 2.66 bits per heavy atom. The van der Waals surface area contributed by atoms with Gasteiger partial charge < -0.3 is 10.0 Å². The molecule has 0 aliphatic carbocycles. The second-order valence-corrected chi connectivity index (χ2v) is 9.68. The number of phenolic OH excluding ortho intramolecular Hbond substituents is 1. The van der Waals surface area contributed by atoms with Crippen LogP contribution >= 0.6 is 11.3 Å². The molecule has 1 amide bonds. The molecule has 2 aromatic rings. The number of carbonyl (C=O) groups is 1. The van der Waals surface area contributed by atoms with Crippen LogP contribution in [0.5, 0.6) is 5.75 Å². The molecular formula is C26H37N3O2S. The average Bonchev–Trinajstić information content (AvgIpc) is 3.20. The maximum atomic E-state index is 12.6. The number of benzene rings is 1. The smallest absolute Gasteiger partial charge is 0.227 e. The Hall–Kier alpha value is -2.15. The SMILES string of the molecule is C=CCN1C[C@@H](C)N([C@H](c2cccc(O)c2)c2cc(CC(=O)N(CC)CC)cs2)C[C@@H]1C. The van der Waals surface area contributed by atoms with E-state index in [1.165, 1.54) is 4.88 Å². The van der Waals surface area contributed by atoms with Crippen molar-refractivity contribution in [1.82, 2.24) is 14.7 Å². The predicted molar refractivity (Wildman–Crippen MR) is 133 cm³/mol. The van der Waals surface area contributed by atoms with E-state index in [2.05, 4.69) is 47.7 Å². The summed E-state index contributed by atoms with van der Waals surface area (Å²) < 4.78 is 0. The Labute approximate surface area is 197 Å². The van der Waals surface area contributed by atoms with E-state index in [-0.39, 0.29) is 17.7 Å². The number of amides is 1. The first-order chi connectivity index (χ1) is 15.4. The molecule has 1 aromatic heterocycles. The number of likely N-dealkylation sites (N-methyl/N-ethyl adjacent to an activating group) is 1. The summed E-state index contributed by atoms with van der Waals surface area (Å²) in [7, 11) is 0. The van der Waals surface area contributed by atoms with E-state index >= 15 is 0 Å². The highest BCUT2D eigenvalue weighted by molar-refractivity contribution is 7.10. The molecule has 6 heteroatoms. The first-order valence-electron chi connectivity index (χ1n) is 11.6. The van der Waals surface area contributed by atoms with Crippen LogP contribution in [0.2, 0.25) is 0 Å². The molecule has 3 rings (SSSR count). The maximum absolute atomic E-state index is 12.6. The lowest BCUT2D eigenvalue weighted by Gasteiger charge is -2.47. The van der Waals surface area contributed by atoms with Crippen LogP contribution in [0.4, 0.5) is 0 Å². The van der Waals surface area contributed by atoms with Gasteiger partial charge in [0.1, 0.15) is 5.75 Å². The number of carbonyl (C=O) groups excluding carboxylic acids is 1. The Kier molecular flexibility index (Phi) is 8.51. The number of phenols is 1. The largest absolute Gasteiger partial charge is 0.508 e. The molecule has 1 aliphatic heterocycles. The van der Waals surface area contributed by atoms with Crippen molar-refractivity contribution in [2.45, 2.75) is 52.2 Å². The number of hydrogen-bond donors (Lipinski definition) is 1. The number of aromatic hydroxyl groups is 1. The summed E-state index contributed by atoms with van der Waals surface area (Å²) in [5.74, 6) is 0.459. The highest BCUT2D eigenvalue weighted by Crippen LogP contribution is 2.37. The molecule has 3 atom stereocenters. The molecule has 2 heterocycles. The third-order valence-electron chi connectivity index (χ3n) is 6.46. The van der Waals surface area contributed by atoms with E-state index in [0.29, 0.717) is 18.5 Å². The molecule has 1 saturated heterocycles. The molecule has 32 heavy (non-hydrogen) atoms. The van der Waals surface area contributed by atoms with E-state index in [4.69, 9.17) is 0 Å². The molecule has 0 saturated carbocycles. The number of thiophene rings is 1. The van der Waals surface area contributed by atoms with Gasteiger partial charge in [-0.15, -0.1) is 17.9 Å². The van der Waals surface area contributed by atoms with Crippen molar-refractivity contribution in [1.29, 1.82) is 0 Å². The summed E-state index contributed by atoms with van der Waals surface area (Å²) in [4.78, 5) is 20.7. The normalized spacial score (nSPS) is 20.8. The lowest BCUT2D eigenvalue weighted by Crippen LogP contribution is -2.57. The van der Waals surface area contributed by atoms with E-state index in [9.17, 15) is 9.90 Å². The lowest BCUT2D eigenvalue weighted by molar-refractivity contribution is -0.130. The third kappa shape index (κ3) is 5.61. The maximum Gasteiger partial charge on any atom is 0.227 e. The molecule has 1 aliphatic rings. The molecule has 1 aromatic carbocycles. The Morgan fingerprint density at radius 1 is 1.25 bits per heavy atom. The Morgan fingerprint density at radius 2 is 2.00 bits per heavy atom. The zero-order chi connectivity index (χ0) is 23.3. The molecule has 0 spiro atoms. The highest BCUT2D eigenvalue weighted by atomic mass is 32.1. The van der Waals surface area contributed by atoms with Gasteiger partial charge in [-0.05, 0) is 62.4 Å². The van der Waals surface area contributed by atoms with E-state index in [1.54, 1.807) is 17.4 Å². The monoisotopic (exact) mass is 455 g/mol. The quantitative estimate of drug-likeness (QED) is 0.564. The van der Waals surface area contributed by atoms with Crippen molar-refractivity contribution >= 4 is 17.2 Å². The average molecular weight is 456 g/mol. The zero-order valence-corrected chi connectivity index (χ0v) is 20.6. The fourth-order valence-electron chi connectivity index (χ4n) is 4.71.